The summed E-state index contributed by atoms with van der Waals surface area (Å²) in [4.78, 5) is 4.27. The largest absolute Gasteiger partial charge is 0.497 e. The summed E-state index contributed by atoms with van der Waals surface area (Å²) in [5.41, 5.74) is 8.32. The van der Waals surface area contributed by atoms with Crippen LogP contribution >= 0.6 is 11.8 Å². The van der Waals surface area contributed by atoms with Gasteiger partial charge in [0.15, 0.2) is 0 Å². The Balaban J connectivity index is 2.18. The Hall–Kier alpha value is -1.90. The molecule has 104 valence electrons. The van der Waals surface area contributed by atoms with Crippen molar-refractivity contribution in [2.24, 2.45) is 5.73 Å². The number of oxazole rings is 1. The van der Waals surface area contributed by atoms with Crippen LogP contribution < -0.4 is 10.5 Å². The number of hydrogen-bond acceptors (Lipinski definition) is 5. The van der Waals surface area contributed by atoms with Crippen molar-refractivity contribution in [2.45, 2.75) is 17.9 Å². The van der Waals surface area contributed by atoms with E-state index in [4.69, 9.17) is 14.9 Å². The number of aromatic nitrogens is 1. The number of hydrogen-bond donors (Lipinski definition) is 1. The topological polar surface area (TPSA) is 61.3 Å². The summed E-state index contributed by atoms with van der Waals surface area (Å²) >= 11 is 1.53. The Kier molecular flexibility index (Phi) is 5.10. The minimum atomic E-state index is 0.345. The van der Waals surface area contributed by atoms with Crippen LogP contribution in [0.2, 0.25) is 0 Å². The quantitative estimate of drug-likeness (QED) is 0.692. The highest BCUT2D eigenvalue weighted by atomic mass is 32.2. The Morgan fingerprint density at radius 1 is 1.45 bits per heavy atom. The van der Waals surface area contributed by atoms with Crippen molar-refractivity contribution < 1.29 is 9.15 Å². The van der Waals surface area contributed by atoms with E-state index < -0.39 is 0 Å². The Bertz CT molecular complexity index is 641. The fourth-order valence-corrected chi connectivity index (χ4v) is 2.47. The van der Waals surface area contributed by atoms with Gasteiger partial charge in [0.1, 0.15) is 12.0 Å². The van der Waals surface area contributed by atoms with Gasteiger partial charge >= 0.3 is 0 Å². The SMILES string of the molecule is COc1ccc(C#CCN)c(CSc2nc(C)co2)c1. The molecular weight excluding hydrogens is 272 g/mol. The van der Waals surface area contributed by atoms with Gasteiger partial charge in [0.2, 0.25) is 0 Å². The number of methoxy groups -OCH3 is 1. The number of thioether (sulfide) groups is 1. The molecule has 2 rings (SSSR count). The summed E-state index contributed by atoms with van der Waals surface area (Å²) in [7, 11) is 1.65. The zero-order chi connectivity index (χ0) is 14.4. The van der Waals surface area contributed by atoms with Crippen molar-refractivity contribution in [1.29, 1.82) is 0 Å². The maximum absolute atomic E-state index is 5.42. The fraction of sp³-hybridized carbons (Fsp3) is 0.267. The first-order valence-corrected chi connectivity index (χ1v) is 7.12. The van der Waals surface area contributed by atoms with Gasteiger partial charge in [0.25, 0.3) is 5.22 Å². The first-order chi connectivity index (χ1) is 9.72. The van der Waals surface area contributed by atoms with Gasteiger partial charge in [0, 0.05) is 11.3 Å². The molecule has 0 saturated heterocycles. The molecule has 0 saturated carbocycles. The van der Waals surface area contributed by atoms with Gasteiger partial charge in [-0.2, -0.15) is 0 Å². The van der Waals surface area contributed by atoms with E-state index in [1.165, 1.54) is 11.8 Å². The van der Waals surface area contributed by atoms with Crippen molar-refractivity contribution in [3.63, 3.8) is 0 Å². The van der Waals surface area contributed by atoms with E-state index in [1.807, 2.05) is 25.1 Å². The molecule has 2 N–H and O–H groups in total. The molecule has 5 heteroatoms. The summed E-state index contributed by atoms with van der Waals surface area (Å²) < 4.78 is 10.6. The Labute approximate surface area is 122 Å². The molecule has 0 fully saturated rings. The molecule has 0 aliphatic heterocycles. The number of benzene rings is 1. The van der Waals surface area contributed by atoms with Gasteiger partial charge in [-0.15, -0.1) is 0 Å². The van der Waals surface area contributed by atoms with Crippen LogP contribution in [0, 0.1) is 18.8 Å². The van der Waals surface area contributed by atoms with Gasteiger partial charge in [-0.3, -0.25) is 0 Å². The predicted molar refractivity (Wildman–Crippen MR) is 79.7 cm³/mol. The number of nitrogens with two attached hydrogens (primary N) is 1. The molecule has 4 nitrogen and oxygen atoms in total. The van der Waals surface area contributed by atoms with Crippen molar-refractivity contribution in [3.8, 4) is 17.6 Å². The van der Waals surface area contributed by atoms with Gasteiger partial charge in [0.05, 0.1) is 19.3 Å². The standard InChI is InChI=1S/C15H16N2O2S/c1-11-9-19-15(17-11)20-10-13-8-14(18-2)6-5-12(13)4-3-7-16/h5-6,8-9H,7,10,16H2,1-2H3. The lowest BCUT2D eigenvalue weighted by atomic mass is 10.1. The van der Waals surface area contributed by atoms with Crippen molar-refractivity contribution in [3.05, 3.63) is 41.3 Å². The molecule has 0 bridgehead atoms. The minimum Gasteiger partial charge on any atom is -0.497 e. The van der Waals surface area contributed by atoms with E-state index >= 15 is 0 Å². The van der Waals surface area contributed by atoms with Crippen LogP contribution in [0.4, 0.5) is 0 Å². The van der Waals surface area contributed by atoms with Crippen LogP contribution in [0.3, 0.4) is 0 Å². The third kappa shape index (κ3) is 3.80. The zero-order valence-corrected chi connectivity index (χ0v) is 12.3. The summed E-state index contributed by atoms with van der Waals surface area (Å²) in [5.74, 6) is 7.47. The predicted octanol–water partition coefficient (Wildman–Crippen LogP) is 2.59. The Morgan fingerprint density at radius 3 is 2.95 bits per heavy atom. The highest BCUT2D eigenvalue weighted by Crippen LogP contribution is 2.26. The maximum Gasteiger partial charge on any atom is 0.256 e. The third-order valence-corrected chi connectivity index (χ3v) is 3.48. The summed E-state index contributed by atoms with van der Waals surface area (Å²) in [6.45, 7) is 2.24. The van der Waals surface area contributed by atoms with E-state index in [1.54, 1.807) is 13.4 Å². The molecule has 0 radical (unpaired) electrons. The molecule has 20 heavy (non-hydrogen) atoms. The first-order valence-electron chi connectivity index (χ1n) is 6.13. The van der Waals surface area contributed by atoms with Gasteiger partial charge < -0.3 is 14.9 Å². The summed E-state index contributed by atoms with van der Waals surface area (Å²) in [6, 6.07) is 5.81. The monoisotopic (exact) mass is 288 g/mol. The van der Waals surface area contributed by atoms with Crippen LogP contribution in [0.25, 0.3) is 0 Å². The van der Waals surface area contributed by atoms with E-state index in [-0.39, 0.29) is 0 Å². The molecule has 0 spiro atoms. The van der Waals surface area contributed by atoms with Gasteiger partial charge in [-0.05, 0) is 30.7 Å². The van der Waals surface area contributed by atoms with Crippen molar-refractivity contribution in [2.75, 3.05) is 13.7 Å². The second-order valence-electron chi connectivity index (χ2n) is 4.07. The van der Waals surface area contributed by atoms with Crippen LogP contribution in [-0.2, 0) is 5.75 Å². The summed E-state index contributed by atoms with van der Waals surface area (Å²) in [5, 5.41) is 0.656. The molecule has 0 aliphatic rings. The van der Waals surface area contributed by atoms with E-state index in [9.17, 15) is 0 Å². The molecule has 0 atom stereocenters. The second-order valence-corrected chi connectivity index (χ2v) is 5.00. The summed E-state index contributed by atoms with van der Waals surface area (Å²) in [6.07, 6.45) is 1.64. The number of ether oxygens (including phenoxy) is 1. The highest BCUT2D eigenvalue weighted by molar-refractivity contribution is 7.98. The molecule has 1 aromatic carbocycles. The average Bonchev–Trinajstić information content (AvgIpc) is 2.89. The molecule has 0 unspecified atom stereocenters. The lowest BCUT2D eigenvalue weighted by molar-refractivity contribution is 0.414. The number of rotatable bonds is 4. The van der Waals surface area contributed by atoms with Crippen LogP contribution in [0.5, 0.6) is 5.75 Å². The average molecular weight is 288 g/mol. The maximum atomic E-state index is 5.42. The fourth-order valence-electron chi connectivity index (χ4n) is 1.62. The molecule has 0 aliphatic carbocycles. The second kappa shape index (κ2) is 7.04. The van der Waals surface area contributed by atoms with Crippen molar-refractivity contribution in [1.82, 2.24) is 4.98 Å². The third-order valence-electron chi connectivity index (χ3n) is 2.59. The Morgan fingerprint density at radius 2 is 2.30 bits per heavy atom. The van der Waals surface area contributed by atoms with Crippen LogP contribution in [-0.4, -0.2) is 18.6 Å². The van der Waals surface area contributed by atoms with E-state index in [0.717, 1.165) is 22.6 Å². The van der Waals surface area contributed by atoms with E-state index in [0.29, 0.717) is 17.5 Å². The lowest BCUT2D eigenvalue weighted by Gasteiger charge is -2.06. The molecule has 2 aromatic rings. The molecule has 0 amide bonds. The molecule has 1 aromatic heterocycles. The van der Waals surface area contributed by atoms with Crippen LogP contribution in [0.15, 0.2) is 34.1 Å². The molecule has 1 heterocycles. The first kappa shape index (κ1) is 14.5. The van der Waals surface area contributed by atoms with E-state index in [2.05, 4.69) is 16.8 Å². The smallest absolute Gasteiger partial charge is 0.256 e. The van der Waals surface area contributed by atoms with Gasteiger partial charge in [-0.1, -0.05) is 23.6 Å². The highest BCUT2D eigenvalue weighted by Gasteiger charge is 2.07. The van der Waals surface area contributed by atoms with Crippen LogP contribution in [0.1, 0.15) is 16.8 Å². The number of aryl methyl sites for hydroxylation is 1. The lowest BCUT2D eigenvalue weighted by Crippen LogP contribution is -1.95. The zero-order valence-electron chi connectivity index (χ0n) is 11.5. The van der Waals surface area contributed by atoms with Crippen molar-refractivity contribution >= 4 is 11.8 Å². The minimum absolute atomic E-state index is 0.345. The van der Waals surface area contributed by atoms with Gasteiger partial charge in [-0.25, -0.2) is 4.98 Å². The number of nitrogens with zero attached hydrogens (tertiary/aromatic N) is 1. The molecular formula is C15H16N2O2S. The normalized spacial score (nSPS) is 9.95.